The van der Waals surface area contributed by atoms with E-state index in [9.17, 15) is 4.21 Å². The van der Waals surface area contributed by atoms with E-state index in [1.165, 1.54) is 0 Å². The molecule has 78 valence electrons. The number of hydrogen-bond acceptors (Lipinski definition) is 2. The summed E-state index contributed by atoms with van der Waals surface area (Å²) in [5, 5.41) is 0. The second-order valence-corrected chi connectivity index (χ2v) is 4.83. The maximum atomic E-state index is 11.6. The molecule has 14 heavy (non-hydrogen) atoms. The summed E-state index contributed by atoms with van der Waals surface area (Å²) >= 11 is 3.33. The van der Waals surface area contributed by atoms with Crippen molar-refractivity contribution in [2.75, 3.05) is 20.3 Å². The van der Waals surface area contributed by atoms with Gasteiger partial charge in [-0.05, 0) is 18.2 Å². The van der Waals surface area contributed by atoms with Gasteiger partial charge in [0.2, 0.25) is 0 Å². The van der Waals surface area contributed by atoms with E-state index in [0.29, 0.717) is 13.2 Å². The summed E-state index contributed by atoms with van der Waals surface area (Å²) in [6.45, 7) is 1.13. The molecule has 0 heterocycles. The van der Waals surface area contributed by atoms with Crippen LogP contribution in [-0.4, -0.2) is 24.5 Å². The first kappa shape index (κ1) is 11.8. The van der Waals surface area contributed by atoms with Crippen LogP contribution in [0.3, 0.4) is 0 Å². The molecule has 1 rings (SSSR count). The van der Waals surface area contributed by atoms with E-state index in [4.69, 9.17) is 4.74 Å². The van der Waals surface area contributed by atoms with Gasteiger partial charge in [-0.3, -0.25) is 0 Å². The molecule has 1 aromatic carbocycles. The van der Waals surface area contributed by atoms with Gasteiger partial charge in [0.25, 0.3) is 0 Å². The molecule has 0 fully saturated rings. The highest BCUT2D eigenvalue weighted by atomic mass is 79.9. The Morgan fingerprint density at radius 1 is 1.57 bits per heavy atom. The monoisotopic (exact) mass is 277 g/mol. The van der Waals surface area contributed by atoms with Gasteiger partial charge in [0.05, 0.1) is 11.5 Å². The molecule has 0 bridgehead atoms. The summed E-state index contributed by atoms with van der Waals surface area (Å²) in [4.78, 5) is 0.760. The third-order valence-corrected chi connectivity index (χ3v) is 3.19. The van der Waals surface area contributed by atoms with E-state index in [2.05, 4.69) is 20.7 Å². The van der Waals surface area contributed by atoms with Crippen LogP contribution in [0.4, 0.5) is 0 Å². The zero-order valence-corrected chi connectivity index (χ0v) is 10.2. The zero-order chi connectivity index (χ0) is 10.4. The minimum absolute atomic E-state index is 0.555. The van der Waals surface area contributed by atoms with Gasteiger partial charge in [-0.25, -0.2) is 8.93 Å². The molecule has 0 saturated heterocycles. The van der Waals surface area contributed by atoms with Crippen LogP contribution in [-0.2, 0) is 15.7 Å². The van der Waals surface area contributed by atoms with Gasteiger partial charge in [-0.2, -0.15) is 0 Å². The Balaban J connectivity index is 2.52. The number of methoxy groups -OCH3 is 1. The van der Waals surface area contributed by atoms with E-state index in [1.54, 1.807) is 7.11 Å². The molecule has 0 saturated carbocycles. The standard InChI is InChI=1S/C9H12BrNO2S/c1-13-6-5-11-14(12)9-4-2-3-8(10)7-9/h2-4,7,11H,5-6H2,1H3. The molecule has 1 N–H and O–H groups in total. The van der Waals surface area contributed by atoms with Crippen molar-refractivity contribution in [3.63, 3.8) is 0 Å². The first-order valence-corrected chi connectivity index (χ1v) is 6.08. The second-order valence-electron chi connectivity index (χ2n) is 2.61. The molecule has 5 heteroatoms. The normalized spacial score (nSPS) is 12.7. The number of benzene rings is 1. The third-order valence-electron chi connectivity index (χ3n) is 1.55. The van der Waals surface area contributed by atoms with Crippen molar-refractivity contribution in [2.45, 2.75) is 4.90 Å². The fourth-order valence-corrected chi connectivity index (χ4v) is 2.32. The molecule has 1 aromatic rings. The van der Waals surface area contributed by atoms with Gasteiger partial charge in [0.1, 0.15) is 11.0 Å². The smallest absolute Gasteiger partial charge is 0.124 e. The number of halogens is 1. The molecule has 0 aliphatic heterocycles. The van der Waals surface area contributed by atoms with E-state index < -0.39 is 11.0 Å². The number of ether oxygens (including phenoxy) is 1. The molecule has 0 amide bonds. The van der Waals surface area contributed by atoms with Crippen LogP contribution in [0.1, 0.15) is 0 Å². The Morgan fingerprint density at radius 3 is 3.00 bits per heavy atom. The molecule has 0 aliphatic carbocycles. The van der Waals surface area contributed by atoms with Gasteiger partial charge >= 0.3 is 0 Å². The second kappa shape index (κ2) is 6.29. The van der Waals surface area contributed by atoms with Crippen LogP contribution in [0.15, 0.2) is 33.6 Å². The molecule has 0 aromatic heterocycles. The highest BCUT2D eigenvalue weighted by Gasteiger charge is 2.02. The summed E-state index contributed by atoms with van der Waals surface area (Å²) in [5.74, 6) is 0. The van der Waals surface area contributed by atoms with Crippen molar-refractivity contribution >= 4 is 26.9 Å². The Kier molecular flexibility index (Phi) is 5.32. The average molecular weight is 278 g/mol. The predicted octanol–water partition coefficient (Wildman–Crippen LogP) is 1.71. The maximum Gasteiger partial charge on any atom is 0.124 e. The maximum absolute atomic E-state index is 11.6. The number of rotatable bonds is 5. The lowest BCUT2D eigenvalue weighted by atomic mass is 10.4. The van der Waals surface area contributed by atoms with Crippen LogP contribution in [0.25, 0.3) is 0 Å². The van der Waals surface area contributed by atoms with Gasteiger partial charge in [-0.1, -0.05) is 22.0 Å². The molecule has 0 spiro atoms. The SMILES string of the molecule is COCCNS(=O)c1cccc(Br)c1. The van der Waals surface area contributed by atoms with E-state index >= 15 is 0 Å². The van der Waals surface area contributed by atoms with Gasteiger partial charge in [-0.15, -0.1) is 0 Å². The quantitative estimate of drug-likeness (QED) is 0.833. The summed E-state index contributed by atoms with van der Waals surface area (Å²) in [7, 11) is 0.460. The Morgan fingerprint density at radius 2 is 2.36 bits per heavy atom. The summed E-state index contributed by atoms with van der Waals surface area (Å²) in [5.41, 5.74) is 0. The Labute approximate surface area is 94.6 Å². The zero-order valence-electron chi connectivity index (χ0n) is 7.83. The minimum atomic E-state index is -1.16. The van der Waals surface area contributed by atoms with E-state index in [0.717, 1.165) is 9.37 Å². The highest BCUT2D eigenvalue weighted by molar-refractivity contribution is 9.10. The Hall–Kier alpha value is -0.230. The van der Waals surface area contributed by atoms with Crippen molar-refractivity contribution in [2.24, 2.45) is 0 Å². The summed E-state index contributed by atoms with van der Waals surface area (Å²) in [6.07, 6.45) is 0. The summed E-state index contributed by atoms with van der Waals surface area (Å²) < 4.78 is 20.2. The van der Waals surface area contributed by atoms with Crippen LogP contribution >= 0.6 is 15.9 Å². The average Bonchev–Trinajstić information content (AvgIpc) is 2.18. The van der Waals surface area contributed by atoms with Crippen LogP contribution in [0.5, 0.6) is 0 Å². The highest BCUT2D eigenvalue weighted by Crippen LogP contribution is 2.13. The fraction of sp³-hybridized carbons (Fsp3) is 0.333. The van der Waals surface area contributed by atoms with Crippen molar-refractivity contribution in [1.82, 2.24) is 4.72 Å². The molecular weight excluding hydrogens is 266 g/mol. The first-order valence-electron chi connectivity index (χ1n) is 4.14. The van der Waals surface area contributed by atoms with Gasteiger partial charge < -0.3 is 4.74 Å². The molecular formula is C9H12BrNO2S. The Bertz CT molecular complexity index is 319. The fourth-order valence-electron chi connectivity index (χ4n) is 0.902. The largest absolute Gasteiger partial charge is 0.383 e. The number of hydrogen-bond donors (Lipinski definition) is 1. The molecule has 1 atom stereocenters. The van der Waals surface area contributed by atoms with Gasteiger partial charge in [0.15, 0.2) is 0 Å². The molecule has 3 nitrogen and oxygen atoms in total. The molecule has 1 unspecified atom stereocenters. The van der Waals surface area contributed by atoms with Crippen molar-refractivity contribution in [3.8, 4) is 0 Å². The molecule has 0 radical (unpaired) electrons. The lowest BCUT2D eigenvalue weighted by Gasteiger charge is -2.03. The topological polar surface area (TPSA) is 38.3 Å². The van der Waals surface area contributed by atoms with Crippen LogP contribution < -0.4 is 4.72 Å². The molecule has 0 aliphatic rings. The summed E-state index contributed by atoms with van der Waals surface area (Å²) in [6, 6.07) is 7.40. The van der Waals surface area contributed by atoms with Crippen molar-refractivity contribution < 1.29 is 8.95 Å². The van der Waals surface area contributed by atoms with Crippen molar-refractivity contribution in [3.05, 3.63) is 28.7 Å². The first-order chi connectivity index (χ1) is 6.74. The lowest BCUT2D eigenvalue weighted by Crippen LogP contribution is -2.21. The third kappa shape index (κ3) is 3.88. The minimum Gasteiger partial charge on any atom is -0.383 e. The van der Waals surface area contributed by atoms with E-state index in [1.807, 2.05) is 24.3 Å². The van der Waals surface area contributed by atoms with Crippen LogP contribution in [0, 0.1) is 0 Å². The van der Waals surface area contributed by atoms with Crippen molar-refractivity contribution in [1.29, 1.82) is 0 Å². The van der Waals surface area contributed by atoms with Crippen LogP contribution in [0.2, 0.25) is 0 Å². The number of nitrogens with one attached hydrogen (secondary N) is 1. The predicted molar refractivity (Wildman–Crippen MR) is 60.4 cm³/mol. The van der Waals surface area contributed by atoms with Gasteiger partial charge in [0, 0.05) is 18.1 Å². The van der Waals surface area contributed by atoms with E-state index in [-0.39, 0.29) is 0 Å². The lowest BCUT2D eigenvalue weighted by molar-refractivity contribution is 0.205.